The molecule has 0 aromatic heterocycles. The molecule has 1 aromatic rings. The number of benzene rings is 1. The second kappa shape index (κ2) is 8.45. The minimum absolute atomic E-state index is 0.187. The van der Waals surface area contributed by atoms with Crippen molar-refractivity contribution in [3.05, 3.63) is 42.0 Å². The number of piperazine rings is 1. The van der Waals surface area contributed by atoms with Crippen molar-refractivity contribution in [3.63, 3.8) is 0 Å². The molecule has 1 aromatic carbocycles. The summed E-state index contributed by atoms with van der Waals surface area (Å²) in [4.78, 5) is 16.8. The number of rotatable bonds is 7. The van der Waals surface area contributed by atoms with Crippen molar-refractivity contribution in [1.29, 1.82) is 0 Å². The Hall–Kier alpha value is -1.65. The molecule has 0 spiro atoms. The number of nitrogens with one attached hydrogen (secondary N) is 1. The molecule has 1 saturated carbocycles. The first-order valence-corrected chi connectivity index (χ1v) is 9.16. The third-order valence-electron chi connectivity index (χ3n) is 5.02. The first-order valence-electron chi connectivity index (χ1n) is 9.16. The van der Waals surface area contributed by atoms with Crippen LogP contribution in [-0.2, 0) is 4.79 Å². The monoisotopic (exact) mass is 327 g/mol. The molecule has 4 nitrogen and oxygen atoms in total. The van der Waals surface area contributed by atoms with Gasteiger partial charge in [-0.1, -0.05) is 42.5 Å². The minimum Gasteiger partial charge on any atom is -0.352 e. The highest BCUT2D eigenvalue weighted by Crippen LogP contribution is 2.32. The van der Waals surface area contributed by atoms with Crippen LogP contribution in [0.5, 0.6) is 0 Å². The van der Waals surface area contributed by atoms with Gasteiger partial charge in [0.25, 0.3) is 0 Å². The van der Waals surface area contributed by atoms with Gasteiger partial charge < -0.3 is 5.32 Å². The fraction of sp³-hybridized carbons (Fsp3) is 0.550. The summed E-state index contributed by atoms with van der Waals surface area (Å²) in [5.74, 6) is 0.911. The van der Waals surface area contributed by atoms with Crippen LogP contribution in [0.1, 0.15) is 25.3 Å². The van der Waals surface area contributed by atoms with E-state index in [4.69, 9.17) is 0 Å². The molecule has 2 fully saturated rings. The maximum atomic E-state index is 12.1. The van der Waals surface area contributed by atoms with Crippen LogP contribution in [0.4, 0.5) is 0 Å². The van der Waals surface area contributed by atoms with Gasteiger partial charge in [-0.05, 0) is 31.2 Å². The van der Waals surface area contributed by atoms with E-state index >= 15 is 0 Å². The van der Waals surface area contributed by atoms with Gasteiger partial charge in [0, 0.05) is 38.8 Å². The number of carbonyl (C=O) groups excluding carboxylic acids is 1. The fourth-order valence-electron chi connectivity index (χ4n) is 3.25. The largest absolute Gasteiger partial charge is 0.352 e. The Bertz CT molecular complexity index is 545. The third kappa shape index (κ3) is 5.46. The van der Waals surface area contributed by atoms with Crippen molar-refractivity contribution in [2.45, 2.75) is 25.8 Å². The van der Waals surface area contributed by atoms with Gasteiger partial charge in [0.1, 0.15) is 0 Å². The molecular formula is C20H29N3O. The number of hydrogen-bond donors (Lipinski definition) is 1. The number of hydrogen-bond acceptors (Lipinski definition) is 3. The predicted molar refractivity (Wildman–Crippen MR) is 98.7 cm³/mol. The molecular weight excluding hydrogens is 298 g/mol. The molecule has 0 radical (unpaired) electrons. The quantitative estimate of drug-likeness (QED) is 0.834. The number of carbonyl (C=O) groups is 1. The Morgan fingerprint density at radius 3 is 2.50 bits per heavy atom. The normalized spacial score (nSPS) is 21.0. The Balaban J connectivity index is 1.33. The van der Waals surface area contributed by atoms with Gasteiger partial charge in [-0.15, -0.1) is 0 Å². The molecule has 130 valence electrons. The van der Waals surface area contributed by atoms with Crippen molar-refractivity contribution in [1.82, 2.24) is 15.1 Å². The molecule has 0 bridgehead atoms. The van der Waals surface area contributed by atoms with Crippen molar-refractivity contribution in [3.8, 4) is 0 Å². The molecule has 3 rings (SSSR count). The Morgan fingerprint density at radius 2 is 1.83 bits per heavy atom. The third-order valence-corrected chi connectivity index (χ3v) is 5.02. The summed E-state index contributed by atoms with van der Waals surface area (Å²) in [6, 6.07) is 10.8. The van der Waals surface area contributed by atoms with Gasteiger partial charge in [0.05, 0.1) is 6.54 Å². The molecule has 1 amide bonds. The highest BCUT2D eigenvalue weighted by molar-refractivity contribution is 5.78. The highest BCUT2D eigenvalue weighted by atomic mass is 16.2. The van der Waals surface area contributed by atoms with E-state index < -0.39 is 0 Å². The van der Waals surface area contributed by atoms with E-state index in [1.807, 2.05) is 6.07 Å². The molecule has 1 saturated heterocycles. The van der Waals surface area contributed by atoms with E-state index in [1.54, 1.807) is 0 Å². The topological polar surface area (TPSA) is 35.6 Å². The van der Waals surface area contributed by atoms with Crippen LogP contribution >= 0.6 is 0 Å². The maximum Gasteiger partial charge on any atom is 0.234 e. The van der Waals surface area contributed by atoms with Gasteiger partial charge in [0.2, 0.25) is 5.91 Å². The van der Waals surface area contributed by atoms with Crippen LogP contribution < -0.4 is 5.32 Å². The lowest BCUT2D eigenvalue weighted by atomic mass is 10.2. The van der Waals surface area contributed by atoms with Gasteiger partial charge >= 0.3 is 0 Å². The molecule has 4 heteroatoms. The second-order valence-electron chi connectivity index (χ2n) is 7.08. The molecule has 1 heterocycles. The summed E-state index contributed by atoms with van der Waals surface area (Å²) in [7, 11) is 0. The lowest BCUT2D eigenvalue weighted by molar-refractivity contribution is -0.123. The molecule has 1 atom stereocenters. The predicted octanol–water partition coefficient (Wildman–Crippen LogP) is 2.23. The number of nitrogens with zero attached hydrogens (tertiary/aromatic N) is 2. The zero-order valence-corrected chi connectivity index (χ0v) is 14.7. The SMILES string of the molecule is C[C@@H](NC(=O)CN1CCN(C/C=C/c2ccccc2)CC1)C1CC1. The standard InChI is InChI=1S/C20H29N3O/c1-17(19-9-10-19)21-20(24)16-23-14-12-22(13-15-23)11-5-8-18-6-3-2-4-7-18/h2-8,17,19H,9-16H2,1H3,(H,21,24)/b8-5+/t17-/m1/s1. The van der Waals surface area contributed by atoms with Crippen LogP contribution in [0, 0.1) is 5.92 Å². The zero-order valence-electron chi connectivity index (χ0n) is 14.7. The summed E-state index contributed by atoms with van der Waals surface area (Å²) in [5, 5.41) is 3.15. The molecule has 24 heavy (non-hydrogen) atoms. The van der Waals surface area contributed by atoms with E-state index in [9.17, 15) is 4.79 Å². The van der Waals surface area contributed by atoms with E-state index in [1.165, 1.54) is 18.4 Å². The lowest BCUT2D eigenvalue weighted by Gasteiger charge is -2.33. The Kier molecular flexibility index (Phi) is 6.05. The smallest absolute Gasteiger partial charge is 0.234 e. The van der Waals surface area contributed by atoms with Gasteiger partial charge in [-0.3, -0.25) is 14.6 Å². The average Bonchev–Trinajstić information content (AvgIpc) is 3.42. The highest BCUT2D eigenvalue weighted by Gasteiger charge is 2.29. The first-order chi connectivity index (χ1) is 11.7. The Labute approximate surface area is 145 Å². The molecule has 1 aliphatic carbocycles. The summed E-state index contributed by atoms with van der Waals surface area (Å²) in [6.45, 7) is 7.68. The van der Waals surface area contributed by atoms with Crippen molar-refractivity contribution >= 4 is 12.0 Å². The van der Waals surface area contributed by atoms with Gasteiger partial charge in [0.15, 0.2) is 0 Å². The van der Waals surface area contributed by atoms with Crippen LogP contribution in [0.3, 0.4) is 0 Å². The van der Waals surface area contributed by atoms with Gasteiger partial charge in [-0.25, -0.2) is 0 Å². The molecule has 1 aliphatic heterocycles. The van der Waals surface area contributed by atoms with E-state index in [2.05, 4.69) is 58.5 Å². The van der Waals surface area contributed by atoms with Crippen molar-refractivity contribution < 1.29 is 4.79 Å². The zero-order chi connectivity index (χ0) is 16.8. The van der Waals surface area contributed by atoms with Crippen LogP contribution in [0.15, 0.2) is 36.4 Å². The van der Waals surface area contributed by atoms with Gasteiger partial charge in [-0.2, -0.15) is 0 Å². The van der Waals surface area contributed by atoms with Crippen molar-refractivity contribution in [2.24, 2.45) is 5.92 Å². The fourth-order valence-corrected chi connectivity index (χ4v) is 3.25. The number of amides is 1. The van der Waals surface area contributed by atoms with E-state index in [0.29, 0.717) is 12.6 Å². The minimum atomic E-state index is 0.187. The summed E-state index contributed by atoms with van der Waals surface area (Å²) >= 11 is 0. The summed E-state index contributed by atoms with van der Waals surface area (Å²) in [6.07, 6.45) is 6.96. The molecule has 0 unspecified atom stereocenters. The van der Waals surface area contributed by atoms with E-state index in [-0.39, 0.29) is 5.91 Å². The maximum absolute atomic E-state index is 12.1. The average molecular weight is 327 g/mol. The summed E-state index contributed by atoms with van der Waals surface area (Å²) < 4.78 is 0. The Morgan fingerprint density at radius 1 is 1.17 bits per heavy atom. The molecule has 2 aliphatic rings. The second-order valence-corrected chi connectivity index (χ2v) is 7.08. The lowest BCUT2D eigenvalue weighted by Crippen LogP contribution is -2.50. The van der Waals surface area contributed by atoms with Crippen LogP contribution in [-0.4, -0.2) is 61.0 Å². The van der Waals surface area contributed by atoms with Crippen molar-refractivity contribution in [2.75, 3.05) is 39.3 Å². The summed E-state index contributed by atoms with van der Waals surface area (Å²) in [5.41, 5.74) is 1.25. The van der Waals surface area contributed by atoms with Crippen LogP contribution in [0.2, 0.25) is 0 Å². The van der Waals surface area contributed by atoms with E-state index in [0.717, 1.165) is 38.6 Å². The van der Waals surface area contributed by atoms with Crippen LogP contribution in [0.25, 0.3) is 6.08 Å². The molecule has 1 N–H and O–H groups in total. The first kappa shape index (κ1) is 17.2.